The Morgan fingerprint density at radius 2 is 1.89 bits per heavy atom. The maximum Gasteiger partial charge on any atom is 0.264 e. The van der Waals surface area contributed by atoms with Crippen molar-refractivity contribution in [2.75, 3.05) is 44.0 Å². The Labute approximate surface area is 164 Å². The van der Waals surface area contributed by atoms with E-state index in [0.717, 1.165) is 42.5 Å². The number of hydrogen-bond acceptors (Lipinski definition) is 5. The Morgan fingerprint density at radius 1 is 1.15 bits per heavy atom. The Hall–Kier alpha value is -2.18. The van der Waals surface area contributed by atoms with Crippen molar-refractivity contribution in [3.8, 4) is 5.75 Å². The molecule has 0 aliphatic carbocycles. The number of carbonyl (C=O) groups is 1. The molecule has 2 aromatic carbocycles. The SMILES string of the molecule is CN(Cc1ccccc1N1CCOCC1)C(=O)C1CSc2ccccc2O1. The number of morpholine rings is 1. The topological polar surface area (TPSA) is 42.0 Å². The fourth-order valence-corrected chi connectivity index (χ4v) is 4.45. The zero-order valence-corrected chi connectivity index (χ0v) is 16.3. The third-order valence-electron chi connectivity index (χ3n) is 4.91. The van der Waals surface area contributed by atoms with Crippen molar-refractivity contribution >= 4 is 23.4 Å². The molecule has 5 nitrogen and oxygen atoms in total. The van der Waals surface area contributed by atoms with Gasteiger partial charge in [0.05, 0.1) is 13.2 Å². The molecular weight excluding hydrogens is 360 g/mol. The number of para-hydroxylation sites is 2. The van der Waals surface area contributed by atoms with Gasteiger partial charge in [-0.15, -0.1) is 11.8 Å². The summed E-state index contributed by atoms with van der Waals surface area (Å²) in [4.78, 5) is 18.2. The van der Waals surface area contributed by atoms with Crippen LogP contribution in [-0.2, 0) is 16.1 Å². The maximum atomic E-state index is 13.0. The second-order valence-electron chi connectivity index (χ2n) is 6.79. The van der Waals surface area contributed by atoms with E-state index in [0.29, 0.717) is 12.3 Å². The molecule has 142 valence electrons. The van der Waals surface area contributed by atoms with Crippen molar-refractivity contribution in [1.29, 1.82) is 0 Å². The quantitative estimate of drug-likeness (QED) is 0.811. The summed E-state index contributed by atoms with van der Waals surface area (Å²) in [5.41, 5.74) is 2.34. The van der Waals surface area contributed by atoms with E-state index < -0.39 is 6.10 Å². The zero-order chi connectivity index (χ0) is 18.6. The van der Waals surface area contributed by atoms with E-state index in [1.54, 1.807) is 16.7 Å². The minimum Gasteiger partial charge on any atom is -0.479 e. The molecule has 0 bridgehead atoms. The first-order valence-corrected chi connectivity index (χ1v) is 10.2. The third kappa shape index (κ3) is 4.06. The predicted octanol–water partition coefficient (Wildman–Crippen LogP) is 3.03. The van der Waals surface area contributed by atoms with Gasteiger partial charge in [-0.3, -0.25) is 4.79 Å². The Kier molecular flexibility index (Phi) is 5.55. The summed E-state index contributed by atoms with van der Waals surface area (Å²) in [6.07, 6.45) is -0.439. The van der Waals surface area contributed by atoms with Crippen LogP contribution >= 0.6 is 11.8 Å². The number of anilines is 1. The van der Waals surface area contributed by atoms with Gasteiger partial charge in [0.15, 0.2) is 6.10 Å². The van der Waals surface area contributed by atoms with Crippen LogP contribution in [0.5, 0.6) is 5.75 Å². The Balaban J connectivity index is 1.45. The molecule has 1 unspecified atom stereocenters. The molecule has 2 heterocycles. The molecule has 0 radical (unpaired) electrons. The van der Waals surface area contributed by atoms with E-state index in [9.17, 15) is 4.79 Å². The number of hydrogen-bond donors (Lipinski definition) is 0. The number of carbonyl (C=O) groups excluding carboxylic acids is 1. The number of ether oxygens (including phenoxy) is 2. The fourth-order valence-electron chi connectivity index (χ4n) is 3.48. The van der Waals surface area contributed by atoms with Gasteiger partial charge in [-0.2, -0.15) is 0 Å². The molecule has 2 aliphatic rings. The highest BCUT2D eigenvalue weighted by Crippen LogP contribution is 2.35. The summed E-state index contributed by atoms with van der Waals surface area (Å²) in [6, 6.07) is 16.2. The monoisotopic (exact) mass is 384 g/mol. The van der Waals surface area contributed by atoms with Crippen molar-refractivity contribution in [2.24, 2.45) is 0 Å². The summed E-state index contributed by atoms with van der Waals surface area (Å²) in [6.45, 7) is 3.82. The van der Waals surface area contributed by atoms with E-state index in [4.69, 9.17) is 9.47 Å². The van der Waals surface area contributed by atoms with Gasteiger partial charge in [0.25, 0.3) is 5.91 Å². The summed E-state index contributed by atoms with van der Waals surface area (Å²) in [5.74, 6) is 1.47. The molecule has 2 aliphatic heterocycles. The zero-order valence-electron chi connectivity index (χ0n) is 15.5. The number of nitrogens with zero attached hydrogens (tertiary/aromatic N) is 2. The van der Waals surface area contributed by atoms with E-state index in [2.05, 4.69) is 17.0 Å². The molecule has 0 spiro atoms. The van der Waals surface area contributed by atoms with Gasteiger partial charge >= 0.3 is 0 Å². The van der Waals surface area contributed by atoms with E-state index in [1.807, 2.05) is 43.4 Å². The smallest absolute Gasteiger partial charge is 0.264 e. The van der Waals surface area contributed by atoms with Crippen molar-refractivity contribution < 1.29 is 14.3 Å². The van der Waals surface area contributed by atoms with Gasteiger partial charge in [-0.1, -0.05) is 30.3 Å². The number of amides is 1. The van der Waals surface area contributed by atoms with E-state index in [1.165, 1.54) is 5.69 Å². The average Bonchev–Trinajstić information content (AvgIpc) is 2.74. The van der Waals surface area contributed by atoms with Gasteiger partial charge in [0, 0.05) is 43.0 Å². The average molecular weight is 385 g/mol. The molecule has 4 rings (SSSR count). The minimum atomic E-state index is -0.439. The standard InChI is InChI=1S/C21H24N2O3S/c1-22(21(24)19-15-27-20-9-5-4-8-18(20)26-19)14-16-6-2-3-7-17(16)23-10-12-25-13-11-23/h2-9,19H,10-15H2,1H3. The molecule has 0 aromatic heterocycles. The van der Waals surface area contributed by atoms with Gasteiger partial charge in [-0.25, -0.2) is 0 Å². The molecule has 6 heteroatoms. The molecule has 0 saturated carbocycles. The lowest BCUT2D eigenvalue weighted by Gasteiger charge is -2.32. The number of benzene rings is 2. The summed E-state index contributed by atoms with van der Waals surface area (Å²) in [7, 11) is 1.85. The van der Waals surface area contributed by atoms with Crippen LogP contribution in [0.4, 0.5) is 5.69 Å². The van der Waals surface area contributed by atoms with Gasteiger partial charge in [0.1, 0.15) is 5.75 Å². The summed E-state index contributed by atoms with van der Waals surface area (Å²) >= 11 is 1.68. The first-order valence-electron chi connectivity index (χ1n) is 9.26. The highest BCUT2D eigenvalue weighted by atomic mass is 32.2. The van der Waals surface area contributed by atoms with Crippen LogP contribution < -0.4 is 9.64 Å². The minimum absolute atomic E-state index is 0.0220. The molecule has 27 heavy (non-hydrogen) atoms. The summed E-state index contributed by atoms with van der Waals surface area (Å²) in [5, 5.41) is 0. The fraction of sp³-hybridized carbons (Fsp3) is 0.381. The lowest BCUT2D eigenvalue weighted by molar-refractivity contribution is -0.137. The number of thioether (sulfide) groups is 1. The number of likely N-dealkylation sites (N-methyl/N-ethyl adjacent to an activating group) is 1. The third-order valence-corrected chi connectivity index (χ3v) is 6.03. The van der Waals surface area contributed by atoms with Crippen molar-refractivity contribution in [1.82, 2.24) is 4.90 Å². The second kappa shape index (κ2) is 8.23. The van der Waals surface area contributed by atoms with Crippen LogP contribution in [0.2, 0.25) is 0 Å². The van der Waals surface area contributed by atoms with Crippen LogP contribution in [0.15, 0.2) is 53.4 Å². The van der Waals surface area contributed by atoms with Crippen molar-refractivity contribution in [3.05, 3.63) is 54.1 Å². The lowest BCUT2D eigenvalue weighted by Crippen LogP contribution is -2.42. The summed E-state index contributed by atoms with van der Waals surface area (Å²) < 4.78 is 11.4. The Bertz CT molecular complexity index is 808. The van der Waals surface area contributed by atoms with Crippen LogP contribution in [0.1, 0.15) is 5.56 Å². The molecular formula is C21H24N2O3S. The van der Waals surface area contributed by atoms with Gasteiger partial charge in [-0.05, 0) is 23.8 Å². The van der Waals surface area contributed by atoms with Crippen LogP contribution in [0.25, 0.3) is 0 Å². The second-order valence-corrected chi connectivity index (χ2v) is 7.85. The highest BCUT2D eigenvalue weighted by Gasteiger charge is 2.29. The molecule has 1 fully saturated rings. The highest BCUT2D eigenvalue weighted by molar-refractivity contribution is 7.99. The van der Waals surface area contributed by atoms with Gasteiger partial charge in [0.2, 0.25) is 0 Å². The number of rotatable bonds is 4. The van der Waals surface area contributed by atoms with E-state index >= 15 is 0 Å². The van der Waals surface area contributed by atoms with Crippen LogP contribution in [0.3, 0.4) is 0 Å². The molecule has 0 N–H and O–H groups in total. The maximum absolute atomic E-state index is 13.0. The van der Waals surface area contributed by atoms with Crippen molar-refractivity contribution in [3.63, 3.8) is 0 Å². The Morgan fingerprint density at radius 3 is 2.74 bits per heavy atom. The van der Waals surface area contributed by atoms with Gasteiger partial charge < -0.3 is 19.3 Å². The first-order chi connectivity index (χ1) is 13.2. The normalized spacial score (nSPS) is 19.1. The molecule has 2 aromatic rings. The lowest BCUT2D eigenvalue weighted by atomic mass is 10.1. The predicted molar refractivity (Wildman–Crippen MR) is 108 cm³/mol. The molecule has 1 amide bonds. The first kappa shape index (κ1) is 18.2. The van der Waals surface area contributed by atoms with Crippen LogP contribution in [-0.4, -0.2) is 56.0 Å². The van der Waals surface area contributed by atoms with Crippen molar-refractivity contribution in [2.45, 2.75) is 17.5 Å². The molecule has 1 saturated heterocycles. The van der Waals surface area contributed by atoms with Crippen LogP contribution in [0, 0.1) is 0 Å². The van der Waals surface area contributed by atoms with E-state index in [-0.39, 0.29) is 5.91 Å². The number of fused-ring (bicyclic) bond motifs is 1. The molecule has 1 atom stereocenters. The largest absolute Gasteiger partial charge is 0.479 e.